The zero-order valence-corrected chi connectivity index (χ0v) is 17.4. The lowest BCUT2D eigenvalue weighted by molar-refractivity contribution is 0.360. The molecule has 3 nitrogen and oxygen atoms in total. The molecule has 2 aromatic rings. The number of nitrogens with zero attached hydrogens (tertiary/aromatic N) is 1. The van der Waals surface area contributed by atoms with Crippen molar-refractivity contribution in [2.75, 3.05) is 19.6 Å². The van der Waals surface area contributed by atoms with E-state index in [1.54, 1.807) is 5.56 Å². The Morgan fingerprint density at radius 1 is 1.04 bits per heavy atom. The van der Waals surface area contributed by atoms with Crippen LogP contribution in [0.25, 0.3) is 10.9 Å². The van der Waals surface area contributed by atoms with Crippen molar-refractivity contribution in [2.24, 2.45) is 11.7 Å². The van der Waals surface area contributed by atoms with Gasteiger partial charge in [-0.1, -0.05) is 37.5 Å². The van der Waals surface area contributed by atoms with Crippen LogP contribution in [0.15, 0.2) is 30.5 Å². The third-order valence-corrected chi connectivity index (χ3v) is 6.52. The highest BCUT2D eigenvalue weighted by atomic mass is 35.5. The number of nitrogens with two attached hydrogens (primary N) is 1. The van der Waals surface area contributed by atoms with Crippen molar-refractivity contribution in [3.63, 3.8) is 0 Å². The first kappa shape index (κ1) is 20.7. The largest absolute Gasteiger partial charge is 0.344 e. The molecule has 27 heavy (non-hydrogen) atoms. The standard InChI is InChI=1S/C23H35N3.ClH/c24-14-6-15-25-16-13-20(18-11-12-18)22-17-26(19-7-2-1-3-8-19)23-10-5-4-9-21(22)23;/h4-5,9-10,17-20,25H,1-3,6-8,11-16,24H2;1H. The van der Waals surface area contributed by atoms with E-state index in [2.05, 4.69) is 40.3 Å². The summed E-state index contributed by atoms with van der Waals surface area (Å²) in [7, 11) is 0. The Kier molecular flexibility index (Phi) is 7.63. The maximum absolute atomic E-state index is 5.61. The number of para-hydroxylation sites is 1. The van der Waals surface area contributed by atoms with E-state index in [0.29, 0.717) is 6.04 Å². The van der Waals surface area contributed by atoms with E-state index in [4.69, 9.17) is 5.73 Å². The van der Waals surface area contributed by atoms with Crippen molar-refractivity contribution in [1.29, 1.82) is 0 Å². The van der Waals surface area contributed by atoms with Gasteiger partial charge in [0.15, 0.2) is 0 Å². The molecule has 2 saturated carbocycles. The van der Waals surface area contributed by atoms with E-state index < -0.39 is 0 Å². The fraction of sp³-hybridized carbons (Fsp3) is 0.652. The van der Waals surface area contributed by atoms with Gasteiger partial charge in [-0.15, -0.1) is 12.4 Å². The van der Waals surface area contributed by atoms with Gasteiger partial charge in [0.05, 0.1) is 0 Å². The lowest BCUT2D eigenvalue weighted by atomic mass is 9.90. The molecule has 0 radical (unpaired) electrons. The number of fused-ring (bicyclic) bond motifs is 1. The van der Waals surface area contributed by atoms with Gasteiger partial charge in [-0.05, 0) is 81.6 Å². The third-order valence-electron chi connectivity index (χ3n) is 6.52. The quantitative estimate of drug-likeness (QED) is 0.564. The monoisotopic (exact) mass is 389 g/mol. The van der Waals surface area contributed by atoms with Gasteiger partial charge in [-0.3, -0.25) is 0 Å². The molecule has 1 aromatic carbocycles. The number of hydrogen-bond acceptors (Lipinski definition) is 2. The minimum absolute atomic E-state index is 0. The molecule has 2 aliphatic carbocycles. The summed E-state index contributed by atoms with van der Waals surface area (Å²) in [6.45, 7) is 2.95. The van der Waals surface area contributed by atoms with Gasteiger partial charge in [-0.25, -0.2) is 0 Å². The molecule has 150 valence electrons. The predicted molar refractivity (Wildman–Crippen MR) is 118 cm³/mol. The van der Waals surface area contributed by atoms with E-state index in [9.17, 15) is 0 Å². The summed E-state index contributed by atoms with van der Waals surface area (Å²) in [6.07, 6.45) is 14.6. The SMILES string of the molecule is Cl.NCCCNCCC(c1cn(C2CCCCC2)c2ccccc12)C1CC1. The molecule has 0 amide bonds. The van der Waals surface area contributed by atoms with Crippen molar-refractivity contribution in [3.8, 4) is 0 Å². The smallest absolute Gasteiger partial charge is 0.0485 e. The minimum atomic E-state index is 0. The normalized spacial score (nSPS) is 19.1. The van der Waals surface area contributed by atoms with Gasteiger partial charge < -0.3 is 15.6 Å². The molecule has 1 atom stereocenters. The summed E-state index contributed by atoms with van der Waals surface area (Å²) >= 11 is 0. The average Bonchev–Trinajstić information content (AvgIpc) is 3.46. The van der Waals surface area contributed by atoms with E-state index in [1.807, 2.05) is 0 Å². The molecule has 2 fully saturated rings. The first-order chi connectivity index (χ1) is 12.9. The Morgan fingerprint density at radius 2 is 1.81 bits per heavy atom. The van der Waals surface area contributed by atoms with Crippen LogP contribution in [0.1, 0.15) is 75.3 Å². The summed E-state index contributed by atoms with van der Waals surface area (Å²) in [4.78, 5) is 0. The number of benzene rings is 1. The summed E-state index contributed by atoms with van der Waals surface area (Å²) < 4.78 is 2.64. The Balaban J connectivity index is 0.00000210. The predicted octanol–water partition coefficient (Wildman–Crippen LogP) is 5.39. The maximum Gasteiger partial charge on any atom is 0.0485 e. The Labute approximate surface area is 170 Å². The molecule has 1 heterocycles. The first-order valence-electron chi connectivity index (χ1n) is 10.9. The molecule has 0 bridgehead atoms. The van der Waals surface area contributed by atoms with Gasteiger partial charge in [-0.2, -0.15) is 0 Å². The first-order valence-corrected chi connectivity index (χ1v) is 10.9. The third kappa shape index (κ3) is 4.88. The van der Waals surface area contributed by atoms with Crippen LogP contribution in [0.4, 0.5) is 0 Å². The minimum Gasteiger partial charge on any atom is -0.344 e. The van der Waals surface area contributed by atoms with Crippen LogP contribution < -0.4 is 11.1 Å². The molecule has 0 aliphatic heterocycles. The molecule has 2 aliphatic rings. The van der Waals surface area contributed by atoms with E-state index in [1.165, 1.54) is 62.3 Å². The summed E-state index contributed by atoms with van der Waals surface area (Å²) in [6, 6.07) is 9.86. The highest BCUT2D eigenvalue weighted by molar-refractivity contribution is 5.85. The van der Waals surface area contributed by atoms with Crippen LogP contribution in [0, 0.1) is 5.92 Å². The van der Waals surface area contributed by atoms with Crippen LogP contribution in [-0.4, -0.2) is 24.2 Å². The van der Waals surface area contributed by atoms with E-state index >= 15 is 0 Å². The lowest BCUT2D eigenvalue weighted by Crippen LogP contribution is -2.21. The molecular formula is C23H36ClN3. The Bertz CT molecular complexity index is 701. The van der Waals surface area contributed by atoms with Crippen LogP contribution in [-0.2, 0) is 0 Å². The molecule has 0 spiro atoms. The van der Waals surface area contributed by atoms with E-state index in [0.717, 1.165) is 37.9 Å². The fourth-order valence-electron chi connectivity index (χ4n) is 4.94. The van der Waals surface area contributed by atoms with Gasteiger partial charge in [0.25, 0.3) is 0 Å². The maximum atomic E-state index is 5.61. The number of nitrogens with one attached hydrogen (secondary N) is 1. The molecule has 4 heteroatoms. The average molecular weight is 390 g/mol. The van der Waals surface area contributed by atoms with Crippen molar-refractivity contribution >= 4 is 23.3 Å². The van der Waals surface area contributed by atoms with Crippen LogP contribution in [0.3, 0.4) is 0 Å². The van der Waals surface area contributed by atoms with Crippen molar-refractivity contribution in [2.45, 2.75) is 69.7 Å². The lowest BCUT2D eigenvalue weighted by Gasteiger charge is -2.24. The fourth-order valence-corrected chi connectivity index (χ4v) is 4.94. The molecule has 1 unspecified atom stereocenters. The molecular weight excluding hydrogens is 354 g/mol. The van der Waals surface area contributed by atoms with Crippen molar-refractivity contribution < 1.29 is 0 Å². The highest BCUT2D eigenvalue weighted by Gasteiger charge is 2.34. The topological polar surface area (TPSA) is 43.0 Å². The number of rotatable bonds is 9. The molecule has 1 aromatic heterocycles. The second-order valence-electron chi connectivity index (χ2n) is 8.43. The second kappa shape index (κ2) is 9.95. The summed E-state index contributed by atoms with van der Waals surface area (Å²) in [5.41, 5.74) is 8.70. The van der Waals surface area contributed by atoms with E-state index in [-0.39, 0.29) is 12.4 Å². The van der Waals surface area contributed by atoms with Gasteiger partial charge in [0.2, 0.25) is 0 Å². The van der Waals surface area contributed by atoms with Crippen LogP contribution >= 0.6 is 12.4 Å². The second-order valence-corrected chi connectivity index (χ2v) is 8.43. The zero-order valence-electron chi connectivity index (χ0n) is 16.5. The summed E-state index contributed by atoms with van der Waals surface area (Å²) in [5, 5.41) is 5.11. The molecule has 3 N–H and O–H groups in total. The molecule has 4 rings (SSSR count). The van der Waals surface area contributed by atoms with Crippen LogP contribution in [0.2, 0.25) is 0 Å². The zero-order chi connectivity index (χ0) is 17.8. The number of halogens is 1. The number of hydrogen-bond donors (Lipinski definition) is 2. The van der Waals surface area contributed by atoms with Gasteiger partial charge in [0.1, 0.15) is 0 Å². The number of aromatic nitrogens is 1. The van der Waals surface area contributed by atoms with Gasteiger partial charge in [0, 0.05) is 23.1 Å². The Hall–Kier alpha value is -1.03. The highest BCUT2D eigenvalue weighted by Crippen LogP contribution is 2.47. The van der Waals surface area contributed by atoms with Crippen molar-refractivity contribution in [3.05, 3.63) is 36.0 Å². The Morgan fingerprint density at radius 3 is 2.56 bits per heavy atom. The van der Waals surface area contributed by atoms with Crippen LogP contribution in [0.5, 0.6) is 0 Å². The van der Waals surface area contributed by atoms with Gasteiger partial charge >= 0.3 is 0 Å². The van der Waals surface area contributed by atoms with Crippen molar-refractivity contribution in [1.82, 2.24) is 9.88 Å². The molecule has 0 saturated heterocycles. The summed E-state index contributed by atoms with van der Waals surface area (Å²) in [5.74, 6) is 1.62.